The molecule has 2 rings (SSSR count). The molecule has 0 amide bonds. The highest BCUT2D eigenvalue weighted by molar-refractivity contribution is 5.94. The summed E-state index contributed by atoms with van der Waals surface area (Å²) in [4.78, 5) is 11.3. The summed E-state index contributed by atoms with van der Waals surface area (Å²) >= 11 is 0. The molecule has 2 aromatic rings. The summed E-state index contributed by atoms with van der Waals surface area (Å²) in [6, 6.07) is 12.7. The fourth-order valence-corrected chi connectivity index (χ4v) is 1.79. The molecule has 0 unspecified atom stereocenters. The molecule has 0 N–H and O–H groups in total. The first-order chi connectivity index (χ1) is 10.3. The largest absolute Gasteiger partial charge is 0.573 e. The van der Waals surface area contributed by atoms with Crippen molar-refractivity contribution in [2.24, 2.45) is 0 Å². The van der Waals surface area contributed by atoms with Gasteiger partial charge >= 0.3 is 6.36 Å². The zero-order valence-electron chi connectivity index (χ0n) is 11.7. The van der Waals surface area contributed by atoms with Gasteiger partial charge in [-0.2, -0.15) is 0 Å². The van der Waals surface area contributed by atoms with Gasteiger partial charge in [0.2, 0.25) is 0 Å². The maximum absolute atomic E-state index is 12.5. The van der Waals surface area contributed by atoms with Crippen molar-refractivity contribution in [2.45, 2.75) is 19.9 Å². The molecule has 0 saturated heterocycles. The Hall–Kier alpha value is -2.50. The molecular formula is C16H13F3O3. The number of benzene rings is 2. The van der Waals surface area contributed by atoms with Crippen molar-refractivity contribution >= 4 is 5.78 Å². The zero-order valence-corrected chi connectivity index (χ0v) is 11.7. The number of halogens is 3. The number of Topliss-reactive ketones (excluding diaryl/α,β-unsaturated/α-hetero) is 1. The number of carbonyl (C=O) groups excluding carboxylic acids is 1. The van der Waals surface area contributed by atoms with Gasteiger partial charge in [0.05, 0.1) is 0 Å². The van der Waals surface area contributed by atoms with E-state index in [0.29, 0.717) is 0 Å². The van der Waals surface area contributed by atoms with Crippen molar-refractivity contribution in [3.63, 3.8) is 0 Å². The highest BCUT2D eigenvalue weighted by Crippen LogP contribution is 2.33. The van der Waals surface area contributed by atoms with Gasteiger partial charge in [0.15, 0.2) is 17.3 Å². The molecule has 0 saturated carbocycles. The van der Waals surface area contributed by atoms with Gasteiger partial charge in [-0.15, -0.1) is 13.2 Å². The third-order valence-electron chi connectivity index (χ3n) is 2.81. The van der Waals surface area contributed by atoms with E-state index in [1.54, 1.807) is 24.3 Å². The SMILES string of the molecule is CC(=O)c1ccc(OCc2ccccc2)c(OC(F)(F)F)c1. The average Bonchev–Trinajstić information content (AvgIpc) is 2.45. The van der Waals surface area contributed by atoms with Crippen LogP contribution in [0.4, 0.5) is 13.2 Å². The van der Waals surface area contributed by atoms with E-state index >= 15 is 0 Å². The first-order valence-corrected chi connectivity index (χ1v) is 6.42. The van der Waals surface area contributed by atoms with Gasteiger partial charge in [-0.3, -0.25) is 4.79 Å². The molecule has 0 aromatic heterocycles. The molecule has 6 heteroatoms. The quantitative estimate of drug-likeness (QED) is 0.769. The highest BCUT2D eigenvalue weighted by atomic mass is 19.4. The molecule has 0 bridgehead atoms. The molecule has 22 heavy (non-hydrogen) atoms. The van der Waals surface area contributed by atoms with E-state index in [4.69, 9.17) is 4.74 Å². The normalized spacial score (nSPS) is 11.1. The van der Waals surface area contributed by atoms with E-state index in [9.17, 15) is 18.0 Å². The summed E-state index contributed by atoms with van der Waals surface area (Å²) in [6.45, 7) is 1.35. The zero-order chi connectivity index (χ0) is 16.2. The summed E-state index contributed by atoms with van der Waals surface area (Å²) in [7, 11) is 0. The minimum Gasteiger partial charge on any atom is -0.485 e. The first-order valence-electron chi connectivity index (χ1n) is 6.42. The second-order valence-electron chi connectivity index (χ2n) is 4.54. The molecule has 2 aromatic carbocycles. The first kappa shape index (κ1) is 15.9. The van der Waals surface area contributed by atoms with E-state index < -0.39 is 12.1 Å². The minimum atomic E-state index is -4.86. The molecule has 0 aliphatic heterocycles. The van der Waals surface area contributed by atoms with Crippen LogP contribution in [-0.4, -0.2) is 12.1 Å². The van der Waals surface area contributed by atoms with E-state index in [1.165, 1.54) is 19.1 Å². The van der Waals surface area contributed by atoms with Gasteiger partial charge in [-0.05, 0) is 30.7 Å². The fraction of sp³-hybridized carbons (Fsp3) is 0.188. The van der Waals surface area contributed by atoms with Crippen LogP contribution in [-0.2, 0) is 6.61 Å². The van der Waals surface area contributed by atoms with Gasteiger partial charge in [0.25, 0.3) is 0 Å². The van der Waals surface area contributed by atoms with Crippen molar-refractivity contribution in [3.8, 4) is 11.5 Å². The highest BCUT2D eigenvalue weighted by Gasteiger charge is 2.32. The van der Waals surface area contributed by atoms with Crippen LogP contribution in [0.2, 0.25) is 0 Å². The van der Waals surface area contributed by atoms with Crippen LogP contribution < -0.4 is 9.47 Å². The Morgan fingerprint density at radius 2 is 1.73 bits per heavy atom. The average molecular weight is 310 g/mol. The third-order valence-corrected chi connectivity index (χ3v) is 2.81. The van der Waals surface area contributed by atoms with Crippen molar-refractivity contribution in [3.05, 3.63) is 59.7 Å². The Morgan fingerprint density at radius 3 is 2.32 bits per heavy atom. The number of hydrogen-bond donors (Lipinski definition) is 0. The van der Waals surface area contributed by atoms with Crippen LogP contribution in [0.15, 0.2) is 48.5 Å². The monoisotopic (exact) mass is 310 g/mol. The summed E-state index contributed by atoms with van der Waals surface area (Å²) in [5.74, 6) is -0.969. The number of rotatable bonds is 5. The summed E-state index contributed by atoms with van der Waals surface area (Å²) < 4.78 is 46.7. The predicted octanol–water partition coefficient (Wildman–Crippen LogP) is 4.37. The van der Waals surface area contributed by atoms with E-state index in [1.807, 2.05) is 6.07 Å². The molecule has 0 atom stereocenters. The van der Waals surface area contributed by atoms with Crippen LogP contribution in [0.25, 0.3) is 0 Å². The van der Waals surface area contributed by atoms with E-state index in [0.717, 1.165) is 11.6 Å². The van der Waals surface area contributed by atoms with Gasteiger partial charge in [0, 0.05) is 5.56 Å². The lowest BCUT2D eigenvalue weighted by molar-refractivity contribution is -0.275. The second-order valence-corrected chi connectivity index (χ2v) is 4.54. The molecule has 0 heterocycles. The van der Waals surface area contributed by atoms with Gasteiger partial charge in [-0.25, -0.2) is 0 Å². The van der Waals surface area contributed by atoms with Crippen LogP contribution >= 0.6 is 0 Å². The summed E-state index contributed by atoms with van der Waals surface area (Å²) in [5, 5.41) is 0. The number of hydrogen-bond acceptors (Lipinski definition) is 3. The molecule has 116 valence electrons. The number of ether oxygens (including phenoxy) is 2. The molecule has 0 aliphatic rings. The van der Waals surface area contributed by atoms with Crippen molar-refractivity contribution in [1.82, 2.24) is 0 Å². The van der Waals surface area contributed by atoms with E-state index in [-0.39, 0.29) is 23.7 Å². The van der Waals surface area contributed by atoms with Crippen molar-refractivity contribution in [1.29, 1.82) is 0 Å². The molecule has 3 nitrogen and oxygen atoms in total. The molecule has 0 fully saturated rings. The van der Waals surface area contributed by atoms with Gasteiger partial charge < -0.3 is 9.47 Å². The molecule has 0 radical (unpaired) electrons. The standard InChI is InChI=1S/C16H13F3O3/c1-11(20)13-7-8-14(15(9-13)22-16(17,18)19)21-10-12-5-3-2-4-6-12/h2-9H,10H2,1H3. The maximum atomic E-state index is 12.5. The van der Waals surface area contributed by atoms with Gasteiger partial charge in [-0.1, -0.05) is 30.3 Å². The Balaban J connectivity index is 2.23. The van der Waals surface area contributed by atoms with Crippen molar-refractivity contribution < 1.29 is 27.4 Å². The van der Waals surface area contributed by atoms with Crippen LogP contribution in [0.5, 0.6) is 11.5 Å². The summed E-state index contributed by atoms with van der Waals surface area (Å²) in [5.41, 5.74) is 0.919. The Kier molecular flexibility index (Phi) is 4.70. The number of alkyl halides is 3. The second kappa shape index (κ2) is 6.51. The minimum absolute atomic E-state index is 0.0776. The number of carbonyl (C=O) groups is 1. The molecule has 0 spiro atoms. The topological polar surface area (TPSA) is 35.5 Å². The maximum Gasteiger partial charge on any atom is 0.573 e. The fourth-order valence-electron chi connectivity index (χ4n) is 1.79. The van der Waals surface area contributed by atoms with Crippen molar-refractivity contribution in [2.75, 3.05) is 0 Å². The number of ketones is 1. The Morgan fingerprint density at radius 1 is 1.05 bits per heavy atom. The van der Waals surface area contributed by atoms with Crippen LogP contribution in [0.1, 0.15) is 22.8 Å². The van der Waals surface area contributed by atoms with Crippen LogP contribution in [0, 0.1) is 0 Å². The lowest BCUT2D eigenvalue weighted by Crippen LogP contribution is -2.18. The lowest BCUT2D eigenvalue weighted by Gasteiger charge is -2.15. The summed E-state index contributed by atoms with van der Waals surface area (Å²) in [6.07, 6.45) is -4.86. The lowest BCUT2D eigenvalue weighted by atomic mass is 10.1. The van der Waals surface area contributed by atoms with E-state index in [2.05, 4.69) is 4.74 Å². The van der Waals surface area contributed by atoms with Crippen LogP contribution in [0.3, 0.4) is 0 Å². The molecule has 0 aliphatic carbocycles. The molecular weight excluding hydrogens is 297 g/mol. The smallest absolute Gasteiger partial charge is 0.485 e. The van der Waals surface area contributed by atoms with Gasteiger partial charge in [0.1, 0.15) is 6.61 Å². The Labute approximate surface area is 125 Å². The Bertz CT molecular complexity index is 651. The third kappa shape index (κ3) is 4.51. The predicted molar refractivity (Wildman–Crippen MR) is 73.9 cm³/mol.